The second-order valence-electron chi connectivity index (χ2n) is 10.1. The molecule has 4 aromatic rings. The molecule has 0 saturated carbocycles. The number of aliphatic hydroxyl groups is 1. The molecule has 2 heterocycles. The van der Waals surface area contributed by atoms with E-state index in [1.165, 1.54) is 0 Å². The molecule has 4 rings (SSSR count). The highest BCUT2D eigenvalue weighted by Gasteiger charge is 2.20. The van der Waals surface area contributed by atoms with Gasteiger partial charge in [0.05, 0.1) is 6.61 Å². The fourth-order valence-corrected chi connectivity index (χ4v) is 4.00. The minimum Gasteiger partial charge on any atom is -0.440 e. The molecule has 0 saturated heterocycles. The van der Waals surface area contributed by atoms with Crippen LogP contribution in [0.2, 0.25) is 0 Å². The number of nitrogens with zero attached hydrogens (tertiary/aromatic N) is 3. The monoisotopic (exact) mass is 563 g/mol. The minimum atomic E-state index is -1.87. The molecule has 0 spiro atoms. The van der Waals surface area contributed by atoms with Crippen molar-refractivity contribution in [3.63, 3.8) is 0 Å². The van der Waals surface area contributed by atoms with E-state index >= 15 is 0 Å². The highest BCUT2D eigenvalue weighted by atomic mass is 32.2. The first-order valence-electron chi connectivity index (χ1n) is 12.4. The number of hydrogen-bond acceptors (Lipinski definition) is 11. The van der Waals surface area contributed by atoms with Crippen molar-refractivity contribution in [2.45, 2.75) is 44.0 Å². The fraction of sp³-hybridized carbons (Fsp3) is 0.259. The Labute approximate surface area is 233 Å². The van der Waals surface area contributed by atoms with Crippen molar-refractivity contribution in [2.24, 2.45) is 0 Å². The number of anilines is 5. The van der Waals surface area contributed by atoms with Crippen LogP contribution >= 0.6 is 0 Å². The fourth-order valence-electron chi connectivity index (χ4n) is 3.56. The summed E-state index contributed by atoms with van der Waals surface area (Å²) < 4.78 is 24.2. The van der Waals surface area contributed by atoms with Crippen LogP contribution in [0.15, 0.2) is 70.2 Å². The number of carbonyl (C=O) groups is 1. The number of hydrogen-bond donors (Lipinski definition) is 6. The van der Waals surface area contributed by atoms with Crippen LogP contribution in [0.3, 0.4) is 0 Å². The first kappa shape index (κ1) is 28.5. The summed E-state index contributed by atoms with van der Waals surface area (Å²) in [5.41, 5.74) is 2.38. The third-order valence-electron chi connectivity index (χ3n) is 5.69. The second-order valence-corrected chi connectivity index (χ2v) is 11.1. The van der Waals surface area contributed by atoms with E-state index in [-0.39, 0.29) is 24.0 Å². The first-order chi connectivity index (χ1) is 19.0. The third-order valence-corrected chi connectivity index (χ3v) is 6.38. The Bertz CT molecular complexity index is 1550. The van der Waals surface area contributed by atoms with Crippen molar-refractivity contribution in [2.75, 3.05) is 27.9 Å². The Morgan fingerprint density at radius 3 is 2.50 bits per heavy atom. The summed E-state index contributed by atoms with van der Waals surface area (Å²) >= 11 is 0. The van der Waals surface area contributed by atoms with Crippen molar-refractivity contribution in [1.29, 1.82) is 4.78 Å². The van der Waals surface area contributed by atoms with E-state index in [0.29, 0.717) is 39.2 Å². The zero-order valence-corrected chi connectivity index (χ0v) is 23.3. The Balaban J connectivity index is 1.50. The lowest BCUT2D eigenvalue weighted by Gasteiger charge is -2.17. The number of aliphatic hydroxyl groups excluding tert-OH is 1. The summed E-state index contributed by atoms with van der Waals surface area (Å²) in [5.74, 6) is 1.74. The summed E-state index contributed by atoms with van der Waals surface area (Å²) in [6, 6.07) is 14.7. The largest absolute Gasteiger partial charge is 0.440 e. The molecule has 13 heteroatoms. The van der Waals surface area contributed by atoms with Gasteiger partial charge < -0.3 is 34.6 Å². The molecular weight excluding hydrogens is 532 g/mol. The molecule has 0 aliphatic carbocycles. The zero-order valence-electron chi connectivity index (χ0n) is 22.5. The standard InChI is InChI=1S/C27H31N8O4S/c1-16(15-36)30-24-21(14-29-25(34-24)31-19-6-5-7-20(12-19)40(28)38)17-8-10-18(11-9-17)32-26(37)33-23-13-22(39-35-23)27(2,3)4/h5-14,16,28,36H,15H2,1-4H3,(H2,29,30,31,34)(H2,32,33,35,37)/q-1. The smallest absolute Gasteiger partial charge is 0.324 e. The minimum absolute atomic E-state index is 0.107. The van der Waals surface area contributed by atoms with Gasteiger partial charge in [-0.3, -0.25) is 5.32 Å². The average molecular weight is 564 g/mol. The highest BCUT2D eigenvalue weighted by Crippen LogP contribution is 2.29. The van der Waals surface area contributed by atoms with E-state index in [1.807, 2.05) is 39.8 Å². The Kier molecular flexibility index (Phi) is 8.65. The third kappa shape index (κ3) is 7.33. The summed E-state index contributed by atoms with van der Waals surface area (Å²) in [6.45, 7) is 7.68. The van der Waals surface area contributed by atoms with Crippen LogP contribution in [0.25, 0.3) is 11.1 Å². The molecule has 1 unspecified atom stereocenters. The lowest BCUT2D eigenvalue weighted by molar-refractivity contribution is 0.262. The topological polar surface area (TPSA) is 178 Å². The summed E-state index contributed by atoms with van der Waals surface area (Å²) in [5, 5.41) is 25.1. The molecule has 12 nitrogen and oxygen atoms in total. The number of amides is 2. The van der Waals surface area contributed by atoms with E-state index in [4.69, 9.17) is 9.30 Å². The van der Waals surface area contributed by atoms with Gasteiger partial charge in [-0.15, -0.1) is 0 Å². The van der Waals surface area contributed by atoms with Crippen LogP contribution in [-0.2, 0) is 20.2 Å². The van der Waals surface area contributed by atoms with E-state index in [9.17, 15) is 14.1 Å². The van der Waals surface area contributed by atoms with E-state index in [1.54, 1.807) is 48.7 Å². The van der Waals surface area contributed by atoms with Gasteiger partial charge in [0.2, 0.25) is 5.95 Å². The van der Waals surface area contributed by atoms with Gasteiger partial charge in [0, 0.05) is 40.7 Å². The molecular formula is C27H31N8O4S-. The number of nitrogens with one attached hydrogen (secondary N) is 5. The molecule has 0 fully saturated rings. The molecule has 40 heavy (non-hydrogen) atoms. The molecule has 210 valence electrons. The van der Waals surface area contributed by atoms with Gasteiger partial charge in [-0.2, -0.15) is 15.6 Å². The molecule has 1 atom stereocenters. The van der Waals surface area contributed by atoms with Crippen LogP contribution < -0.4 is 21.3 Å². The molecule has 2 aromatic heterocycles. The average Bonchev–Trinajstić information content (AvgIpc) is 3.38. The van der Waals surface area contributed by atoms with Gasteiger partial charge in [0.25, 0.3) is 0 Å². The van der Waals surface area contributed by atoms with Crippen molar-refractivity contribution in [1.82, 2.24) is 15.1 Å². The van der Waals surface area contributed by atoms with Gasteiger partial charge >= 0.3 is 6.03 Å². The molecule has 6 N–H and O–H groups in total. The number of carbonyl (C=O) groups excluding carboxylic acids is 1. The number of rotatable bonds is 9. The van der Waals surface area contributed by atoms with Crippen LogP contribution in [0.4, 0.5) is 33.8 Å². The van der Waals surface area contributed by atoms with Crippen molar-refractivity contribution in [3.8, 4) is 11.1 Å². The maximum absolute atomic E-state index is 12.5. The van der Waals surface area contributed by atoms with Crippen molar-refractivity contribution in [3.05, 3.63) is 66.6 Å². The quantitative estimate of drug-likeness (QED) is 0.139. The predicted molar refractivity (Wildman–Crippen MR) is 154 cm³/mol. The molecule has 2 aromatic carbocycles. The maximum Gasteiger partial charge on any atom is 0.324 e. The lowest BCUT2D eigenvalue weighted by Crippen LogP contribution is -2.21. The van der Waals surface area contributed by atoms with Crippen LogP contribution in [0.5, 0.6) is 0 Å². The number of benzene rings is 2. The Morgan fingerprint density at radius 2 is 1.85 bits per heavy atom. The second kappa shape index (κ2) is 12.1. The van der Waals surface area contributed by atoms with E-state index in [0.717, 1.165) is 5.56 Å². The van der Waals surface area contributed by atoms with Gasteiger partial charge in [-0.05, 0) is 30.7 Å². The summed E-state index contributed by atoms with van der Waals surface area (Å²) in [4.78, 5) is 21.8. The first-order valence-corrected chi connectivity index (χ1v) is 13.6. The molecule has 0 bridgehead atoms. The van der Waals surface area contributed by atoms with Crippen LogP contribution in [0.1, 0.15) is 33.5 Å². The van der Waals surface area contributed by atoms with Crippen molar-refractivity contribution >= 4 is 45.6 Å². The Morgan fingerprint density at radius 1 is 1.10 bits per heavy atom. The Hall–Kier alpha value is -4.49. The predicted octanol–water partition coefficient (Wildman–Crippen LogP) is 5.69. The van der Waals surface area contributed by atoms with Crippen molar-refractivity contribution < 1.29 is 18.6 Å². The lowest BCUT2D eigenvalue weighted by atomic mass is 9.93. The van der Waals surface area contributed by atoms with Gasteiger partial charge in [0.1, 0.15) is 11.6 Å². The van der Waals surface area contributed by atoms with E-state index < -0.39 is 16.6 Å². The maximum atomic E-state index is 12.5. The zero-order chi connectivity index (χ0) is 28.9. The molecule has 0 aliphatic heterocycles. The van der Waals surface area contributed by atoms with E-state index in [2.05, 4.69) is 36.4 Å². The van der Waals surface area contributed by atoms with Gasteiger partial charge in [0.15, 0.2) is 5.82 Å². The summed E-state index contributed by atoms with van der Waals surface area (Å²) in [7, 11) is -1.87. The molecule has 2 amide bonds. The number of urea groups is 1. The normalized spacial score (nSPS) is 12.2. The SMILES string of the molecule is CC(CO)Nc1nc(Nc2cccc([S-](=N)=O)c2)ncc1-c1ccc(NC(=O)Nc2cc(C(C)(C)C)on2)cc1. The van der Waals surface area contributed by atoms with Crippen LogP contribution in [-0.4, -0.2) is 38.9 Å². The highest BCUT2D eigenvalue weighted by molar-refractivity contribution is 7.73. The van der Waals surface area contributed by atoms with Crippen LogP contribution in [0, 0.1) is 4.78 Å². The summed E-state index contributed by atoms with van der Waals surface area (Å²) in [6.07, 6.45) is 1.64. The number of aromatic nitrogens is 3. The molecule has 0 aliphatic rings. The van der Waals surface area contributed by atoms with Gasteiger partial charge in [-0.25, -0.2) is 9.78 Å². The molecule has 0 radical (unpaired) electrons. The van der Waals surface area contributed by atoms with Gasteiger partial charge in [-0.1, -0.05) is 61.2 Å².